The third-order valence-corrected chi connectivity index (χ3v) is 1.22. The van der Waals surface area contributed by atoms with Crippen LogP contribution in [0.15, 0.2) is 0 Å². The van der Waals surface area contributed by atoms with Gasteiger partial charge in [-0.15, -0.1) is 0 Å². The van der Waals surface area contributed by atoms with Crippen LogP contribution in [0, 0.1) is 0 Å². The Morgan fingerprint density at radius 3 is 1.73 bits per heavy atom. The van der Waals surface area contributed by atoms with Crippen molar-refractivity contribution >= 4 is 11.0 Å². The zero-order valence-corrected chi connectivity index (χ0v) is 6.96. The van der Waals surface area contributed by atoms with Gasteiger partial charge in [0.25, 0.3) is 0 Å². The highest BCUT2D eigenvalue weighted by Gasteiger charge is 2.14. The molecule has 0 bridgehead atoms. The third-order valence-electron chi connectivity index (χ3n) is 1.22. The minimum Gasteiger partial charge on any atom is -0.362 e. The van der Waals surface area contributed by atoms with Gasteiger partial charge in [0.1, 0.15) is 0 Å². The number of nitrogens with zero attached hydrogens (tertiary/aromatic N) is 1. The van der Waals surface area contributed by atoms with E-state index in [1.54, 1.807) is 7.11 Å². The first-order valence-corrected chi connectivity index (χ1v) is 3.20. The average molecular weight is 181 g/mol. The first-order valence-electron chi connectivity index (χ1n) is 3.20. The predicted molar refractivity (Wildman–Crippen MR) is 48.3 cm³/mol. The van der Waals surface area contributed by atoms with Crippen LogP contribution >= 0.6 is 0 Å². The molecule has 1 unspecified atom stereocenters. The van der Waals surface area contributed by atoms with E-state index in [2.05, 4.69) is 0 Å². The maximum Gasteiger partial charge on any atom is 0.159 e. The van der Waals surface area contributed by atoms with Crippen LogP contribution < -0.4 is 0 Å². The number of rotatable bonds is 5. The SMILES string of the molecule is CCC(OC)N(OC)OC.[SiH4]. The minimum atomic E-state index is -0.130. The molecule has 1 atom stereocenters. The second-order valence-electron chi connectivity index (χ2n) is 1.75. The lowest BCUT2D eigenvalue weighted by Crippen LogP contribution is -2.34. The molecule has 0 heterocycles. The normalized spacial score (nSPS) is 12.8. The van der Waals surface area contributed by atoms with Crippen molar-refractivity contribution in [2.75, 3.05) is 21.3 Å². The third kappa shape index (κ3) is 4.49. The summed E-state index contributed by atoms with van der Waals surface area (Å²) in [6.07, 6.45) is 0.688. The Hall–Kier alpha value is 0.0569. The van der Waals surface area contributed by atoms with Gasteiger partial charge in [-0.25, -0.2) is 0 Å². The fourth-order valence-corrected chi connectivity index (χ4v) is 0.711. The number of hydrogen-bond acceptors (Lipinski definition) is 4. The molecule has 0 aromatic heterocycles. The van der Waals surface area contributed by atoms with Gasteiger partial charge in [-0.2, -0.15) is 0 Å². The molecule has 0 fully saturated rings. The molecule has 4 nitrogen and oxygen atoms in total. The zero-order chi connectivity index (χ0) is 7.98. The Morgan fingerprint density at radius 1 is 1.18 bits per heavy atom. The summed E-state index contributed by atoms with van der Waals surface area (Å²) in [5.74, 6) is 0. The van der Waals surface area contributed by atoms with Crippen LogP contribution in [0.2, 0.25) is 0 Å². The quantitative estimate of drug-likeness (QED) is 0.320. The second-order valence-corrected chi connectivity index (χ2v) is 1.75. The van der Waals surface area contributed by atoms with E-state index in [0.29, 0.717) is 0 Å². The maximum absolute atomic E-state index is 5.02. The molecule has 0 N–H and O–H groups in total. The van der Waals surface area contributed by atoms with Gasteiger partial charge in [0, 0.05) is 7.11 Å². The first kappa shape index (κ1) is 13.6. The maximum atomic E-state index is 5.02. The monoisotopic (exact) mass is 181 g/mol. The summed E-state index contributed by atoms with van der Waals surface area (Å²) in [5.41, 5.74) is 0. The predicted octanol–water partition coefficient (Wildman–Crippen LogP) is -0.658. The van der Waals surface area contributed by atoms with Crippen molar-refractivity contribution in [3.8, 4) is 0 Å². The number of methoxy groups -OCH3 is 1. The molecule has 11 heavy (non-hydrogen) atoms. The molecule has 70 valence electrons. The van der Waals surface area contributed by atoms with Crippen molar-refractivity contribution in [2.24, 2.45) is 0 Å². The van der Waals surface area contributed by atoms with Crippen molar-refractivity contribution in [1.82, 2.24) is 5.23 Å². The molecule has 0 rings (SSSR count). The summed E-state index contributed by atoms with van der Waals surface area (Å²) < 4.78 is 5.02. The van der Waals surface area contributed by atoms with Gasteiger partial charge in [0.15, 0.2) is 6.23 Å². The van der Waals surface area contributed by atoms with Crippen molar-refractivity contribution in [2.45, 2.75) is 19.6 Å². The molecule has 0 amide bonds. The molecular weight excluding hydrogens is 162 g/mol. The smallest absolute Gasteiger partial charge is 0.159 e. The van der Waals surface area contributed by atoms with Gasteiger partial charge in [-0.1, -0.05) is 6.92 Å². The van der Waals surface area contributed by atoms with Gasteiger partial charge < -0.3 is 4.74 Å². The van der Waals surface area contributed by atoms with Gasteiger partial charge in [0.05, 0.1) is 14.2 Å². The number of ether oxygens (including phenoxy) is 1. The topological polar surface area (TPSA) is 30.9 Å². The van der Waals surface area contributed by atoms with Crippen LogP contribution in [0.25, 0.3) is 0 Å². The van der Waals surface area contributed by atoms with E-state index in [1.165, 1.54) is 19.4 Å². The number of hydrogen-bond donors (Lipinski definition) is 0. The summed E-state index contributed by atoms with van der Waals surface area (Å²) in [7, 11) is 4.68. The van der Waals surface area contributed by atoms with Crippen LogP contribution in [-0.4, -0.2) is 43.7 Å². The molecular formula is C6H19NO3Si. The molecule has 0 spiro atoms. The summed E-state index contributed by atoms with van der Waals surface area (Å²) in [5, 5.41) is 1.31. The largest absolute Gasteiger partial charge is 0.362 e. The van der Waals surface area contributed by atoms with E-state index in [0.717, 1.165) is 6.42 Å². The standard InChI is InChI=1S/C6H15NO3.H4Si/c1-5-6(8-2)7(9-3)10-4;/h6H,5H2,1-4H3;1H4. The van der Waals surface area contributed by atoms with E-state index < -0.39 is 0 Å². The van der Waals surface area contributed by atoms with Crippen molar-refractivity contribution in [1.29, 1.82) is 0 Å². The molecule has 0 aliphatic rings. The molecule has 0 aliphatic heterocycles. The van der Waals surface area contributed by atoms with Crippen molar-refractivity contribution < 1.29 is 14.4 Å². The van der Waals surface area contributed by atoms with E-state index in [-0.39, 0.29) is 17.2 Å². The highest BCUT2D eigenvalue weighted by Crippen LogP contribution is 2.03. The summed E-state index contributed by atoms with van der Waals surface area (Å²) in [6.45, 7) is 1.99. The molecule has 5 heteroatoms. The summed E-state index contributed by atoms with van der Waals surface area (Å²) in [6, 6.07) is 0. The van der Waals surface area contributed by atoms with Gasteiger partial charge in [0.2, 0.25) is 0 Å². The fraction of sp³-hybridized carbons (Fsp3) is 1.00. The molecule has 0 aromatic carbocycles. The molecule has 0 saturated heterocycles. The Labute approximate surface area is 72.3 Å². The van der Waals surface area contributed by atoms with Crippen LogP contribution in [0.5, 0.6) is 0 Å². The average Bonchev–Trinajstić information content (AvgIpc) is 2.00. The van der Waals surface area contributed by atoms with Gasteiger partial charge >= 0.3 is 0 Å². The Bertz CT molecular complexity index is 66.2. The van der Waals surface area contributed by atoms with E-state index in [1.807, 2.05) is 6.92 Å². The fourth-order valence-electron chi connectivity index (χ4n) is 0.711. The van der Waals surface area contributed by atoms with Crippen molar-refractivity contribution in [3.63, 3.8) is 0 Å². The highest BCUT2D eigenvalue weighted by atomic mass is 28.1. The molecule has 0 aliphatic carbocycles. The van der Waals surface area contributed by atoms with E-state index in [9.17, 15) is 0 Å². The van der Waals surface area contributed by atoms with Crippen LogP contribution in [0.3, 0.4) is 0 Å². The Morgan fingerprint density at radius 2 is 1.64 bits per heavy atom. The summed E-state index contributed by atoms with van der Waals surface area (Å²) >= 11 is 0. The Balaban J connectivity index is 0. The second kappa shape index (κ2) is 8.16. The zero-order valence-electron chi connectivity index (χ0n) is 6.96. The van der Waals surface area contributed by atoms with Gasteiger partial charge in [-0.05, 0) is 22.6 Å². The molecule has 0 saturated carbocycles. The van der Waals surface area contributed by atoms with Crippen LogP contribution in [0.4, 0.5) is 0 Å². The lowest BCUT2D eigenvalue weighted by atomic mass is 10.4. The van der Waals surface area contributed by atoms with Crippen molar-refractivity contribution in [3.05, 3.63) is 0 Å². The lowest BCUT2D eigenvalue weighted by Gasteiger charge is -2.23. The van der Waals surface area contributed by atoms with E-state index >= 15 is 0 Å². The lowest BCUT2D eigenvalue weighted by molar-refractivity contribution is -0.400. The Kier molecular flexibility index (Phi) is 10.1. The highest BCUT2D eigenvalue weighted by molar-refractivity contribution is 5.75. The van der Waals surface area contributed by atoms with Crippen LogP contribution in [-0.2, 0) is 14.4 Å². The summed E-state index contributed by atoms with van der Waals surface area (Å²) in [4.78, 5) is 9.66. The first-order chi connectivity index (χ1) is 4.79. The minimum absolute atomic E-state index is 0. The molecule has 0 aromatic rings. The molecule has 0 radical (unpaired) electrons. The van der Waals surface area contributed by atoms with E-state index in [4.69, 9.17) is 14.4 Å². The van der Waals surface area contributed by atoms with Crippen LogP contribution in [0.1, 0.15) is 13.3 Å². The van der Waals surface area contributed by atoms with Gasteiger partial charge in [-0.3, -0.25) is 9.68 Å². The number of hydroxylamine groups is 2.